The van der Waals surface area contributed by atoms with E-state index >= 15 is 0 Å². The topological polar surface area (TPSA) is 26.3 Å². The van der Waals surface area contributed by atoms with E-state index < -0.39 is 0 Å². The minimum Gasteiger partial charge on any atom is -0.469 e. The SMILES string of the molecule is COC(=O)CCSC(=S)SCc1c(F)cccc1Cl. The quantitative estimate of drug-likeness (QED) is 0.589. The summed E-state index contributed by atoms with van der Waals surface area (Å²) in [6.45, 7) is 0. The Bertz CT molecular complexity index is 448. The van der Waals surface area contributed by atoms with Crippen molar-refractivity contribution in [2.24, 2.45) is 0 Å². The Morgan fingerprint density at radius 3 is 2.84 bits per heavy atom. The molecule has 0 atom stereocenters. The number of benzene rings is 1. The zero-order valence-corrected chi connectivity index (χ0v) is 13.4. The van der Waals surface area contributed by atoms with Crippen molar-refractivity contribution in [2.45, 2.75) is 12.2 Å². The van der Waals surface area contributed by atoms with Crippen molar-refractivity contribution in [3.63, 3.8) is 0 Å². The second-order valence-electron chi connectivity index (χ2n) is 3.41. The van der Waals surface area contributed by atoms with Crippen LogP contribution in [0.4, 0.5) is 4.39 Å². The van der Waals surface area contributed by atoms with Gasteiger partial charge in [-0.05, 0) is 12.1 Å². The molecule has 0 saturated heterocycles. The highest BCUT2D eigenvalue weighted by atomic mass is 35.5. The molecule has 0 fully saturated rings. The third-order valence-corrected chi connectivity index (χ3v) is 5.23. The number of rotatable bonds is 5. The van der Waals surface area contributed by atoms with Gasteiger partial charge in [0.2, 0.25) is 0 Å². The van der Waals surface area contributed by atoms with E-state index in [2.05, 4.69) is 4.74 Å². The highest BCUT2D eigenvalue weighted by Crippen LogP contribution is 2.27. The van der Waals surface area contributed by atoms with Crippen LogP contribution in [0.25, 0.3) is 0 Å². The largest absolute Gasteiger partial charge is 0.469 e. The number of thiocarbonyl (C=S) groups is 1. The van der Waals surface area contributed by atoms with Crippen LogP contribution < -0.4 is 0 Å². The molecule has 1 aromatic carbocycles. The fourth-order valence-corrected chi connectivity index (χ4v) is 3.65. The minimum atomic E-state index is -0.331. The van der Waals surface area contributed by atoms with Gasteiger partial charge in [0.15, 0.2) is 0 Å². The number of carbonyl (C=O) groups is 1. The molecule has 0 amide bonds. The van der Waals surface area contributed by atoms with Crippen molar-refractivity contribution in [3.05, 3.63) is 34.6 Å². The first-order chi connectivity index (χ1) is 9.04. The summed E-state index contributed by atoms with van der Waals surface area (Å²) in [5, 5.41) is 0.398. The maximum Gasteiger partial charge on any atom is 0.306 e. The average molecular weight is 339 g/mol. The van der Waals surface area contributed by atoms with E-state index in [1.54, 1.807) is 12.1 Å². The van der Waals surface area contributed by atoms with Crippen LogP contribution in [0.5, 0.6) is 0 Å². The molecule has 0 spiro atoms. The fraction of sp³-hybridized carbons (Fsp3) is 0.333. The Morgan fingerprint density at radius 2 is 2.21 bits per heavy atom. The van der Waals surface area contributed by atoms with Gasteiger partial charge in [-0.15, -0.1) is 23.5 Å². The van der Waals surface area contributed by atoms with E-state index in [9.17, 15) is 9.18 Å². The third kappa shape index (κ3) is 6.12. The maximum atomic E-state index is 13.5. The van der Waals surface area contributed by atoms with Crippen molar-refractivity contribution in [1.82, 2.24) is 0 Å². The van der Waals surface area contributed by atoms with Crippen molar-refractivity contribution >= 4 is 56.8 Å². The summed E-state index contributed by atoms with van der Waals surface area (Å²) in [5.41, 5.74) is 0.449. The minimum absolute atomic E-state index is 0.266. The third-order valence-electron chi connectivity index (χ3n) is 2.15. The standard InChI is InChI=1S/C12H12ClFO2S3/c1-16-11(15)5-6-18-12(17)19-7-8-9(13)3-2-4-10(8)14/h2-4H,5-7H2,1H3. The molecule has 0 saturated carbocycles. The fourth-order valence-electron chi connectivity index (χ4n) is 1.16. The molecule has 0 N–H and O–H groups in total. The first-order valence-corrected chi connectivity index (χ1v) is 8.09. The van der Waals surface area contributed by atoms with E-state index in [1.807, 2.05) is 0 Å². The molecule has 0 heterocycles. The normalized spacial score (nSPS) is 10.3. The van der Waals surface area contributed by atoms with Gasteiger partial charge in [0, 0.05) is 22.1 Å². The second kappa shape index (κ2) is 8.79. The number of esters is 1. The highest BCUT2D eigenvalue weighted by molar-refractivity contribution is 8.46. The smallest absolute Gasteiger partial charge is 0.306 e. The predicted molar refractivity (Wildman–Crippen MR) is 84.4 cm³/mol. The molecule has 7 heteroatoms. The summed E-state index contributed by atoms with van der Waals surface area (Å²) >= 11 is 13.8. The molecule has 104 valence electrons. The molecule has 0 aliphatic rings. The Balaban J connectivity index is 2.36. The summed E-state index contributed by atoms with van der Waals surface area (Å²) in [5.74, 6) is 0.346. The lowest BCUT2D eigenvalue weighted by Crippen LogP contribution is -2.01. The van der Waals surface area contributed by atoms with Gasteiger partial charge in [0.25, 0.3) is 0 Å². The van der Waals surface area contributed by atoms with Gasteiger partial charge in [0.1, 0.15) is 9.35 Å². The molecule has 19 heavy (non-hydrogen) atoms. The van der Waals surface area contributed by atoms with Crippen LogP contribution in [-0.2, 0) is 15.3 Å². The Labute approximate surface area is 130 Å². The Kier molecular flexibility index (Phi) is 7.75. The molecule has 0 aromatic heterocycles. The van der Waals surface area contributed by atoms with Crippen molar-refractivity contribution in [2.75, 3.05) is 12.9 Å². The van der Waals surface area contributed by atoms with Crippen LogP contribution in [0, 0.1) is 5.82 Å². The maximum absolute atomic E-state index is 13.5. The molecular weight excluding hydrogens is 327 g/mol. The molecule has 2 nitrogen and oxygen atoms in total. The molecular formula is C12H12ClFO2S3. The summed E-state index contributed by atoms with van der Waals surface area (Å²) < 4.78 is 18.7. The van der Waals surface area contributed by atoms with Crippen LogP contribution in [0.1, 0.15) is 12.0 Å². The summed E-state index contributed by atoms with van der Waals surface area (Å²) in [4.78, 5) is 10.9. The molecule has 1 aromatic rings. The van der Waals surface area contributed by atoms with E-state index in [0.717, 1.165) is 0 Å². The van der Waals surface area contributed by atoms with E-state index in [0.29, 0.717) is 32.0 Å². The lowest BCUT2D eigenvalue weighted by atomic mass is 10.2. The summed E-state index contributed by atoms with van der Waals surface area (Å²) in [6, 6.07) is 4.58. The van der Waals surface area contributed by atoms with Crippen LogP contribution in [-0.4, -0.2) is 22.4 Å². The van der Waals surface area contributed by atoms with E-state index in [1.165, 1.54) is 36.7 Å². The zero-order chi connectivity index (χ0) is 14.3. The van der Waals surface area contributed by atoms with Gasteiger partial charge in [-0.1, -0.05) is 29.9 Å². The average Bonchev–Trinajstić information content (AvgIpc) is 2.38. The summed E-state index contributed by atoms with van der Waals surface area (Å²) in [6.07, 6.45) is 0.308. The van der Waals surface area contributed by atoms with Crippen molar-refractivity contribution < 1.29 is 13.9 Å². The number of halogens is 2. The monoisotopic (exact) mass is 338 g/mol. The Morgan fingerprint density at radius 1 is 1.47 bits per heavy atom. The number of methoxy groups -OCH3 is 1. The van der Waals surface area contributed by atoms with Crippen LogP contribution in [0.2, 0.25) is 5.02 Å². The van der Waals surface area contributed by atoms with E-state index in [4.69, 9.17) is 23.8 Å². The number of thioether (sulfide) groups is 2. The molecule has 0 aliphatic heterocycles. The molecule has 0 aliphatic carbocycles. The van der Waals surface area contributed by atoms with Crippen molar-refractivity contribution in [3.8, 4) is 0 Å². The van der Waals surface area contributed by atoms with Gasteiger partial charge in [-0.25, -0.2) is 4.39 Å². The van der Waals surface area contributed by atoms with Crippen LogP contribution in [0.3, 0.4) is 0 Å². The Hall–Kier alpha value is -0.300. The van der Waals surface area contributed by atoms with Crippen LogP contribution >= 0.6 is 47.3 Å². The highest BCUT2D eigenvalue weighted by Gasteiger charge is 2.09. The van der Waals surface area contributed by atoms with Crippen LogP contribution in [0.15, 0.2) is 18.2 Å². The molecule has 0 radical (unpaired) electrons. The second-order valence-corrected chi connectivity index (χ2v) is 7.09. The number of carbonyl (C=O) groups excluding carboxylic acids is 1. The number of ether oxygens (including phenoxy) is 1. The lowest BCUT2D eigenvalue weighted by molar-refractivity contribution is -0.140. The predicted octanol–water partition coefficient (Wildman–Crippen LogP) is 4.29. The molecule has 0 bridgehead atoms. The van der Waals surface area contributed by atoms with Gasteiger partial charge < -0.3 is 4.74 Å². The molecule has 0 unspecified atom stereocenters. The molecule has 1 rings (SSSR count). The van der Waals surface area contributed by atoms with E-state index in [-0.39, 0.29) is 11.8 Å². The first-order valence-electron chi connectivity index (χ1n) is 5.34. The number of hydrogen-bond donors (Lipinski definition) is 0. The first kappa shape index (κ1) is 16.8. The van der Waals surface area contributed by atoms with Gasteiger partial charge >= 0.3 is 5.97 Å². The van der Waals surface area contributed by atoms with Gasteiger partial charge in [-0.2, -0.15) is 0 Å². The van der Waals surface area contributed by atoms with Gasteiger partial charge in [-0.3, -0.25) is 4.79 Å². The lowest BCUT2D eigenvalue weighted by Gasteiger charge is -2.06. The van der Waals surface area contributed by atoms with Gasteiger partial charge in [0.05, 0.1) is 13.5 Å². The number of hydrogen-bond acceptors (Lipinski definition) is 5. The zero-order valence-electron chi connectivity index (χ0n) is 10.2. The summed E-state index contributed by atoms with van der Waals surface area (Å²) in [7, 11) is 1.35. The van der Waals surface area contributed by atoms with Crippen molar-refractivity contribution in [1.29, 1.82) is 0 Å².